The van der Waals surface area contributed by atoms with E-state index in [4.69, 9.17) is 10.9 Å². The smallest absolute Gasteiger partial charge is 0.170 e. The second-order valence-electron chi connectivity index (χ2n) is 5.59. The monoisotopic (exact) mass is 261 g/mol. The SMILES string of the molecule is CC1CCC(NCc2cccc(C(N)=NO)c2)C1C. The number of rotatable bonds is 4. The van der Waals surface area contributed by atoms with Gasteiger partial charge in [-0.15, -0.1) is 0 Å². The minimum Gasteiger partial charge on any atom is -0.409 e. The summed E-state index contributed by atoms with van der Waals surface area (Å²) >= 11 is 0. The summed E-state index contributed by atoms with van der Waals surface area (Å²) in [5.74, 6) is 1.69. The Morgan fingerprint density at radius 1 is 1.42 bits per heavy atom. The van der Waals surface area contributed by atoms with Crippen molar-refractivity contribution in [1.82, 2.24) is 5.32 Å². The topological polar surface area (TPSA) is 70.6 Å². The van der Waals surface area contributed by atoms with Crippen molar-refractivity contribution in [2.75, 3.05) is 0 Å². The summed E-state index contributed by atoms with van der Waals surface area (Å²) in [6.07, 6.45) is 2.56. The van der Waals surface area contributed by atoms with Gasteiger partial charge in [-0.25, -0.2) is 0 Å². The van der Waals surface area contributed by atoms with Crippen LogP contribution in [0.2, 0.25) is 0 Å². The molecule has 0 heterocycles. The Morgan fingerprint density at radius 3 is 2.84 bits per heavy atom. The first-order valence-electron chi connectivity index (χ1n) is 6.92. The zero-order chi connectivity index (χ0) is 13.8. The maximum Gasteiger partial charge on any atom is 0.170 e. The lowest BCUT2D eigenvalue weighted by Crippen LogP contribution is -2.31. The van der Waals surface area contributed by atoms with Gasteiger partial charge in [0.15, 0.2) is 5.84 Å². The van der Waals surface area contributed by atoms with Gasteiger partial charge in [-0.05, 0) is 36.3 Å². The van der Waals surface area contributed by atoms with Crippen LogP contribution in [0.25, 0.3) is 0 Å². The normalized spacial score (nSPS) is 27.7. The third-order valence-electron chi connectivity index (χ3n) is 4.36. The Kier molecular flexibility index (Phi) is 4.43. The van der Waals surface area contributed by atoms with Crippen molar-refractivity contribution < 1.29 is 5.21 Å². The first-order valence-corrected chi connectivity index (χ1v) is 6.92. The molecule has 1 aromatic carbocycles. The average molecular weight is 261 g/mol. The average Bonchev–Trinajstić information content (AvgIpc) is 2.76. The lowest BCUT2D eigenvalue weighted by atomic mass is 9.97. The van der Waals surface area contributed by atoms with E-state index in [0.717, 1.165) is 29.5 Å². The highest BCUT2D eigenvalue weighted by atomic mass is 16.4. The van der Waals surface area contributed by atoms with E-state index in [1.807, 2.05) is 18.2 Å². The fourth-order valence-corrected chi connectivity index (χ4v) is 2.80. The molecule has 19 heavy (non-hydrogen) atoms. The minimum atomic E-state index is 0.157. The van der Waals surface area contributed by atoms with E-state index in [1.165, 1.54) is 12.8 Å². The van der Waals surface area contributed by atoms with Gasteiger partial charge >= 0.3 is 0 Å². The molecule has 1 aliphatic carbocycles. The van der Waals surface area contributed by atoms with Crippen molar-refractivity contribution in [3.05, 3.63) is 35.4 Å². The number of oxime groups is 1. The number of hydrogen-bond donors (Lipinski definition) is 3. The van der Waals surface area contributed by atoms with Crippen LogP contribution in [0.5, 0.6) is 0 Å². The number of nitrogens with one attached hydrogen (secondary N) is 1. The quantitative estimate of drug-likeness (QED) is 0.337. The molecule has 0 amide bonds. The zero-order valence-electron chi connectivity index (χ0n) is 11.6. The van der Waals surface area contributed by atoms with Crippen molar-refractivity contribution in [3.8, 4) is 0 Å². The van der Waals surface area contributed by atoms with Crippen LogP contribution in [-0.2, 0) is 6.54 Å². The molecule has 4 N–H and O–H groups in total. The molecule has 0 saturated heterocycles. The second kappa shape index (κ2) is 6.06. The van der Waals surface area contributed by atoms with Crippen molar-refractivity contribution in [2.24, 2.45) is 22.7 Å². The largest absolute Gasteiger partial charge is 0.409 e. The van der Waals surface area contributed by atoms with Crippen molar-refractivity contribution in [2.45, 2.75) is 39.3 Å². The molecule has 104 valence electrons. The van der Waals surface area contributed by atoms with Crippen LogP contribution in [0, 0.1) is 11.8 Å². The number of nitrogens with two attached hydrogens (primary N) is 1. The van der Waals surface area contributed by atoms with E-state index in [2.05, 4.69) is 30.4 Å². The highest BCUT2D eigenvalue weighted by Crippen LogP contribution is 2.31. The third kappa shape index (κ3) is 3.26. The molecule has 3 atom stereocenters. The number of amidine groups is 1. The van der Waals surface area contributed by atoms with Gasteiger partial charge in [-0.2, -0.15) is 0 Å². The first kappa shape index (κ1) is 13.9. The molecule has 2 rings (SSSR count). The van der Waals surface area contributed by atoms with Crippen LogP contribution in [0.3, 0.4) is 0 Å². The van der Waals surface area contributed by atoms with E-state index >= 15 is 0 Å². The van der Waals surface area contributed by atoms with E-state index < -0.39 is 0 Å². The van der Waals surface area contributed by atoms with Gasteiger partial charge in [-0.1, -0.05) is 37.2 Å². The van der Waals surface area contributed by atoms with Gasteiger partial charge in [-0.3, -0.25) is 0 Å². The Bertz CT molecular complexity index is 458. The molecule has 0 radical (unpaired) electrons. The van der Waals surface area contributed by atoms with Gasteiger partial charge < -0.3 is 16.3 Å². The summed E-state index contributed by atoms with van der Waals surface area (Å²) in [5, 5.41) is 15.3. The van der Waals surface area contributed by atoms with Gasteiger partial charge in [0, 0.05) is 18.2 Å². The standard InChI is InChI=1S/C15H23N3O/c1-10-6-7-14(11(10)2)17-9-12-4-3-5-13(8-12)15(16)18-19/h3-5,8,10-11,14,17,19H,6-7,9H2,1-2H3,(H2,16,18). The summed E-state index contributed by atoms with van der Waals surface area (Å²) in [4.78, 5) is 0. The van der Waals surface area contributed by atoms with Crippen LogP contribution >= 0.6 is 0 Å². The Balaban J connectivity index is 1.97. The number of benzene rings is 1. The molecule has 0 spiro atoms. The molecule has 4 heteroatoms. The summed E-state index contributed by atoms with van der Waals surface area (Å²) in [7, 11) is 0. The fourth-order valence-electron chi connectivity index (χ4n) is 2.80. The molecule has 0 aromatic heterocycles. The maximum atomic E-state index is 8.69. The van der Waals surface area contributed by atoms with Crippen LogP contribution < -0.4 is 11.1 Å². The van der Waals surface area contributed by atoms with E-state index in [0.29, 0.717) is 6.04 Å². The van der Waals surface area contributed by atoms with E-state index in [9.17, 15) is 0 Å². The van der Waals surface area contributed by atoms with Gasteiger partial charge in [0.05, 0.1) is 0 Å². The Hall–Kier alpha value is -1.55. The Labute approximate surface area is 114 Å². The van der Waals surface area contributed by atoms with Crippen LogP contribution in [0.1, 0.15) is 37.8 Å². The summed E-state index contributed by atoms with van der Waals surface area (Å²) in [6, 6.07) is 8.40. The highest BCUT2D eigenvalue weighted by molar-refractivity contribution is 5.97. The second-order valence-corrected chi connectivity index (χ2v) is 5.59. The molecule has 1 aromatic rings. The predicted molar refractivity (Wildman–Crippen MR) is 77.1 cm³/mol. The van der Waals surface area contributed by atoms with Crippen molar-refractivity contribution in [3.63, 3.8) is 0 Å². The molecule has 0 bridgehead atoms. The van der Waals surface area contributed by atoms with Gasteiger partial charge in [0.1, 0.15) is 0 Å². The minimum absolute atomic E-state index is 0.157. The molecule has 1 aliphatic rings. The zero-order valence-corrected chi connectivity index (χ0v) is 11.6. The molecule has 0 aliphatic heterocycles. The molecule has 1 fully saturated rings. The molecular formula is C15H23N3O. The van der Waals surface area contributed by atoms with Crippen molar-refractivity contribution in [1.29, 1.82) is 0 Å². The molecule has 4 nitrogen and oxygen atoms in total. The lowest BCUT2D eigenvalue weighted by Gasteiger charge is -2.19. The summed E-state index contributed by atoms with van der Waals surface area (Å²) in [6.45, 7) is 5.47. The molecular weight excluding hydrogens is 238 g/mol. The predicted octanol–water partition coefficient (Wildman–Crippen LogP) is 2.31. The third-order valence-corrected chi connectivity index (χ3v) is 4.36. The summed E-state index contributed by atoms with van der Waals surface area (Å²) < 4.78 is 0. The molecule has 3 unspecified atom stereocenters. The molecule has 1 saturated carbocycles. The van der Waals surface area contributed by atoms with Crippen LogP contribution in [0.4, 0.5) is 0 Å². The number of hydrogen-bond acceptors (Lipinski definition) is 3. The van der Waals surface area contributed by atoms with Crippen LogP contribution in [-0.4, -0.2) is 17.1 Å². The summed E-state index contributed by atoms with van der Waals surface area (Å²) in [5.41, 5.74) is 7.52. The van der Waals surface area contributed by atoms with Crippen LogP contribution in [0.15, 0.2) is 29.4 Å². The van der Waals surface area contributed by atoms with E-state index in [1.54, 1.807) is 0 Å². The van der Waals surface area contributed by atoms with Gasteiger partial charge in [0.25, 0.3) is 0 Å². The van der Waals surface area contributed by atoms with Gasteiger partial charge in [0.2, 0.25) is 0 Å². The first-order chi connectivity index (χ1) is 9.11. The highest BCUT2D eigenvalue weighted by Gasteiger charge is 2.28. The fraction of sp³-hybridized carbons (Fsp3) is 0.533. The Morgan fingerprint density at radius 2 is 2.21 bits per heavy atom. The number of nitrogens with zero attached hydrogens (tertiary/aromatic N) is 1. The van der Waals surface area contributed by atoms with E-state index in [-0.39, 0.29) is 5.84 Å². The maximum absolute atomic E-state index is 8.69. The van der Waals surface area contributed by atoms with Crippen molar-refractivity contribution >= 4 is 5.84 Å². The lowest BCUT2D eigenvalue weighted by molar-refractivity contribution is 0.318.